The van der Waals surface area contributed by atoms with E-state index in [-0.39, 0.29) is 5.91 Å². The van der Waals surface area contributed by atoms with E-state index in [4.69, 9.17) is 0 Å². The average molecular weight is 362 g/mol. The maximum Gasteiger partial charge on any atom is 0.243 e. The molecule has 1 fully saturated rings. The first-order valence-corrected chi connectivity index (χ1v) is 10.3. The molecule has 0 spiro atoms. The van der Waals surface area contributed by atoms with Gasteiger partial charge in [-0.1, -0.05) is 18.2 Å². The highest BCUT2D eigenvalue weighted by Gasteiger charge is 2.30. The molecule has 1 aromatic rings. The zero-order valence-electron chi connectivity index (χ0n) is 14.9. The number of allylic oxidation sites excluding steroid dienone is 2. The highest BCUT2D eigenvalue weighted by molar-refractivity contribution is 7.89. The Morgan fingerprint density at radius 2 is 1.84 bits per heavy atom. The summed E-state index contributed by atoms with van der Waals surface area (Å²) in [4.78, 5) is 14.5. The number of piperazine rings is 1. The summed E-state index contributed by atoms with van der Waals surface area (Å²) in [5, 5.41) is 0. The zero-order valence-corrected chi connectivity index (χ0v) is 15.8. The van der Waals surface area contributed by atoms with E-state index >= 15 is 0 Å². The van der Waals surface area contributed by atoms with Crippen molar-refractivity contribution in [2.75, 3.05) is 26.2 Å². The van der Waals surface area contributed by atoms with Gasteiger partial charge in [-0.2, -0.15) is 4.31 Å². The van der Waals surface area contributed by atoms with Crippen LogP contribution in [0, 0.1) is 19.8 Å². The zero-order chi connectivity index (χ0) is 18.0. The van der Waals surface area contributed by atoms with Crippen LogP contribution in [0.4, 0.5) is 0 Å². The van der Waals surface area contributed by atoms with Crippen molar-refractivity contribution in [3.63, 3.8) is 0 Å². The lowest BCUT2D eigenvalue weighted by Gasteiger charge is -2.34. The molecule has 3 rings (SSSR count). The largest absolute Gasteiger partial charge is 0.340 e. The standard InChI is InChI=1S/C19H26N2O3S/c1-15-7-8-18(13-16(15)2)25(23,24)21-11-9-20(10-12-21)19(22)14-17-5-3-4-6-17/h3,5,7-8,13,17H,4,6,9-12,14H2,1-2H3/t17-/m0/s1. The first-order chi connectivity index (χ1) is 11.9. The lowest BCUT2D eigenvalue weighted by Crippen LogP contribution is -2.50. The van der Waals surface area contributed by atoms with Gasteiger partial charge in [0.2, 0.25) is 15.9 Å². The average Bonchev–Trinajstić information content (AvgIpc) is 3.10. The van der Waals surface area contributed by atoms with Gasteiger partial charge < -0.3 is 4.90 Å². The van der Waals surface area contributed by atoms with Crippen LogP contribution in [0.15, 0.2) is 35.2 Å². The Morgan fingerprint density at radius 3 is 2.44 bits per heavy atom. The van der Waals surface area contributed by atoms with Crippen LogP contribution in [0.1, 0.15) is 30.4 Å². The van der Waals surface area contributed by atoms with E-state index in [9.17, 15) is 13.2 Å². The fourth-order valence-electron chi connectivity index (χ4n) is 3.42. The second-order valence-electron chi connectivity index (χ2n) is 7.00. The van der Waals surface area contributed by atoms with E-state index in [1.165, 1.54) is 4.31 Å². The van der Waals surface area contributed by atoms with Crippen molar-refractivity contribution in [2.45, 2.75) is 38.0 Å². The quantitative estimate of drug-likeness (QED) is 0.773. The van der Waals surface area contributed by atoms with E-state index in [1.807, 2.05) is 19.9 Å². The predicted molar refractivity (Wildman–Crippen MR) is 97.7 cm³/mol. The summed E-state index contributed by atoms with van der Waals surface area (Å²) in [6.07, 6.45) is 6.90. The lowest BCUT2D eigenvalue weighted by atomic mass is 10.0. The Kier molecular flexibility index (Phi) is 5.29. The Balaban J connectivity index is 1.61. The van der Waals surface area contributed by atoms with Gasteiger partial charge in [0, 0.05) is 32.6 Å². The van der Waals surface area contributed by atoms with Gasteiger partial charge in [0.15, 0.2) is 0 Å². The SMILES string of the molecule is Cc1ccc(S(=O)(=O)N2CCN(C(=O)C[C@H]3C=CCC3)CC2)cc1C. The van der Waals surface area contributed by atoms with Crippen LogP contribution in [-0.2, 0) is 14.8 Å². The Hall–Kier alpha value is -1.66. The first-order valence-electron chi connectivity index (χ1n) is 8.90. The van der Waals surface area contributed by atoms with Crippen molar-refractivity contribution >= 4 is 15.9 Å². The fraction of sp³-hybridized carbons (Fsp3) is 0.526. The van der Waals surface area contributed by atoms with Gasteiger partial charge in [-0.15, -0.1) is 0 Å². The number of benzene rings is 1. The van der Waals surface area contributed by atoms with Crippen LogP contribution in [0.5, 0.6) is 0 Å². The van der Waals surface area contributed by atoms with E-state index in [0.29, 0.717) is 43.4 Å². The maximum absolute atomic E-state index is 12.8. The number of nitrogens with zero attached hydrogens (tertiary/aromatic N) is 2. The molecule has 1 aromatic carbocycles. The molecule has 136 valence electrons. The lowest BCUT2D eigenvalue weighted by molar-refractivity contribution is -0.133. The minimum Gasteiger partial charge on any atom is -0.340 e. The summed E-state index contributed by atoms with van der Waals surface area (Å²) in [7, 11) is -3.49. The van der Waals surface area contributed by atoms with Crippen molar-refractivity contribution in [1.29, 1.82) is 0 Å². The highest BCUT2D eigenvalue weighted by Crippen LogP contribution is 2.23. The molecule has 1 amide bonds. The summed E-state index contributed by atoms with van der Waals surface area (Å²) in [5.74, 6) is 0.490. The number of aryl methyl sites for hydroxylation is 2. The first kappa shape index (κ1) is 18.1. The van der Waals surface area contributed by atoms with Gasteiger partial charge >= 0.3 is 0 Å². The van der Waals surface area contributed by atoms with Crippen molar-refractivity contribution < 1.29 is 13.2 Å². The minimum atomic E-state index is -3.49. The van der Waals surface area contributed by atoms with E-state index in [2.05, 4.69) is 12.2 Å². The Morgan fingerprint density at radius 1 is 1.12 bits per heavy atom. The second-order valence-corrected chi connectivity index (χ2v) is 8.94. The van der Waals surface area contributed by atoms with E-state index in [0.717, 1.165) is 24.0 Å². The third-order valence-corrected chi connectivity index (χ3v) is 7.15. The van der Waals surface area contributed by atoms with Crippen LogP contribution < -0.4 is 0 Å². The minimum absolute atomic E-state index is 0.139. The molecular formula is C19H26N2O3S. The number of hydrogen-bond donors (Lipinski definition) is 0. The number of hydrogen-bond acceptors (Lipinski definition) is 3. The van der Waals surface area contributed by atoms with Crippen LogP contribution in [-0.4, -0.2) is 49.7 Å². The van der Waals surface area contributed by atoms with Crippen LogP contribution in [0.25, 0.3) is 0 Å². The molecule has 0 aromatic heterocycles. The second kappa shape index (κ2) is 7.30. The molecule has 5 nitrogen and oxygen atoms in total. The fourth-order valence-corrected chi connectivity index (χ4v) is 4.93. The Bertz CT molecular complexity index is 778. The smallest absolute Gasteiger partial charge is 0.243 e. The van der Waals surface area contributed by atoms with Crippen molar-refractivity contribution in [3.05, 3.63) is 41.5 Å². The molecular weight excluding hydrogens is 336 g/mol. The number of carbonyl (C=O) groups excluding carboxylic acids is 1. The molecule has 1 aliphatic carbocycles. The van der Waals surface area contributed by atoms with Crippen LogP contribution in [0.3, 0.4) is 0 Å². The molecule has 1 heterocycles. The summed E-state index contributed by atoms with van der Waals surface area (Å²) in [5.41, 5.74) is 2.05. The van der Waals surface area contributed by atoms with Crippen LogP contribution in [0.2, 0.25) is 0 Å². The summed E-state index contributed by atoms with van der Waals surface area (Å²) in [6, 6.07) is 5.24. The van der Waals surface area contributed by atoms with Gasteiger partial charge in [-0.05, 0) is 55.9 Å². The molecule has 0 saturated carbocycles. The molecule has 2 aliphatic rings. The van der Waals surface area contributed by atoms with Crippen molar-refractivity contribution in [2.24, 2.45) is 5.92 Å². The van der Waals surface area contributed by atoms with Crippen LogP contribution >= 0.6 is 0 Å². The molecule has 1 saturated heterocycles. The van der Waals surface area contributed by atoms with Gasteiger partial charge in [-0.25, -0.2) is 8.42 Å². The highest BCUT2D eigenvalue weighted by atomic mass is 32.2. The number of rotatable bonds is 4. The molecule has 0 N–H and O–H groups in total. The topological polar surface area (TPSA) is 57.7 Å². The molecule has 0 unspecified atom stereocenters. The third kappa shape index (κ3) is 3.96. The number of amides is 1. The van der Waals surface area contributed by atoms with E-state index < -0.39 is 10.0 Å². The molecule has 0 bridgehead atoms. The monoisotopic (exact) mass is 362 g/mol. The van der Waals surface area contributed by atoms with Gasteiger partial charge in [0.05, 0.1) is 4.90 Å². The maximum atomic E-state index is 12.8. The summed E-state index contributed by atoms with van der Waals surface area (Å²) >= 11 is 0. The normalized spacial score (nSPS) is 21.7. The number of sulfonamides is 1. The molecule has 1 aliphatic heterocycles. The summed E-state index contributed by atoms with van der Waals surface area (Å²) < 4.78 is 27.1. The molecule has 25 heavy (non-hydrogen) atoms. The van der Waals surface area contributed by atoms with Gasteiger partial charge in [0.1, 0.15) is 0 Å². The van der Waals surface area contributed by atoms with Gasteiger partial charge in [-0.3, -0.25) is 4.79 Å². The summed E-state index contributed by atoms with van der Waals surface area (Å²) in [6.45, 7) is 5.56. The van der Waals surface area contributed by atoms with Crippen molar-refractivity contribution in [3.8, 4) is 0 Å². The predicted octanol–water partition coefficient (Wildman–Crippen LogP) is 2.49. The van der Waals surface area contributed by atoms with Crippen molar-refractivity contribution in [1.82, 2.24) is 9.21 Å². The molecule has 0 radical (unpaired) electrons. The Labute approximate surface area is 150 Å². The van der Waals surface area contributed by atoms with E-state index in [1.54, 1.807) is 17.0 Å². The molecule has 1 atom stereocenters. The third-order valence-electron chi connectivity index (χ3n) is 5.26. The number of carbonyl (C=O) groups is 1. The van der Waals surface area contributed by atoms with Gasteiger partial charge in [0.25, 0.3) is 0 Å². The molecule has 6 heteroatoms.